The van der Waals surface area contributed by atoms with Crippen LogP contribution in [0, 0.1) is 0 Å². The summed E-state index contributed by atoms with van der Waals surface area (Å²) in [6.45, 7) is 10.8. The summed E-state index contributed by atoms with van der Waals surface area (Å²) in [5.74, 6) is -0.0818. The predicted octanol–water partition coefficient (Wildman–Crippen LogP) is 2.15. The Morgan fingerprint density at radius 3 is 2.82 bits per heavy atom. The van der Waals surface area contributed by atoms with Gasteiger partial charge in [0.1, 0.15) is 0 Å². The number of aromatic nitrogens is 1. The summed E-state index contributed by atoms with van der Waals surface area (Å²) in [5.41, 5.74) is 1.01. The highest BCUT2D eigenvalue weighted by atomic mass is 32.1. The molecule has 0 aliphatic heterocycles. The summed E-state index contributed by atoms with van der Waals surface area (Å²) in [6, 6.07) is 0. The van der Waals surface area contributed by atoms with Crippen LogP contribution in [0.15, 0.2) is 18.0 Å². The Bertz CT molecular complexity index is 393. The molecule has 0 atom stereocenters. The van der Waals surface area contributed by atoms with Crippen LogP contribution >= 0.6 is 11.3 Å². The third kappa shape index (κ3) is 4.66. The first-order valence-corrected chi connectivity index (χ1v) is 6.39. The molecule has 1 rings (SSSR count). The fourth-order valence-corrected chi connectivity index (χ4v) is 2.08. The van der Waals surface area contributed by atoms with Crippen molar-refractivity contribution in [3.63, 3.8) is 0 Å². The highest BCUT2D eigenvalue weighted by Gasteiger charge is 2.17. The zero-order valence-electron chi connectivity index (χ0n) is 10.5. The van der Waals surface area contributed by atoms with Gasteiger partial charge in [0.2, 0.25) is 5.91 Å². The summed E-state index contributed by atoms with van der Waals surface area (Å²) < 4.78 is 0. The van der Waals surface area contributed by atoms with Gasteiger partial charge in [-0.15, -0.1) is 17.9 Å². The number of nitrogens with zero attached hydrogens (tertiary/aromatic N) is 1. The molecule has 0 saturated carbocycles. The second-order valence-corrected chi connectivity index (χ2v) is 5.61. The van der Waals surface area contributed by atoms with Gasteiger partial charge in [-0.2, -0.15) is 0 Å². The van der Waals surface area contributed by atoms with Crippen LogP contribution in [-0.2, 0) is 10.2 Å². The Kier molecular flexibility index (Phi) is 4.84. The zero-order valence-corrected chi connectivity index (χ0v) is 11.4. The van der Waals surface area contributed by atoms with Crippen LogP contribution in [0.4, 0.5) is 5.13 Å². The molecule has 0 spiro atoms. The first kappa shape index (κ1) is 13.9. The van der Waals surface area contributed by atoms with Crippen molar-refractivity contribution in [2.24, 2.45) is 0 Å². The summed E-state index contributed by atoms with van der Waals surface area (Å²) in [4.78, 5) is 15.9. The molecule has 1 aromatic rings. The van der Waals surface area contributed by atoms with E-state index in [9.17, 15) is 4.79 Å². The summed E-state index contributed by atoms with van der Waals surface area (Å²) in [5, 5.41) is 8.34. The topological polar surface area (TPSA) is 54.0 Å². The molecule has 0 bridgehead atoms. The van der Waals surface area contributed by atoms with E-state index in [1.54, 1.807) is 6.08 Å². The minimum atomic E-state index is -0.0818. The highest BCUT2D eigenvalue weighted by Crippen LogP contribution is 2.26. The molecule has 4 nitrogen and oxygen atoms in total. The fourth-order valence-electron chi connectivity index (χ4n) is 1.13. The van der Waals surface area contributed by atoms with E-state index in [0.717, 1.165) is 5.69 Å². The summed E-state index contributed by atoms with van der Waals surface area (Å²) in [6.07, 6.45) is 1.72. The number of nitrogens with one attached hydrogen (secondary N) is 2. The van der Waals surface area contributed by atoms with Crippen molar-refractivity contribution in [1.82, 2.24) is 10.3 Å². The molecular weight excluding hydrogens is 234 g/mol. The molecule has 0 aliphatic carbocycles. The van der Waals surface area contributed by atoms with Crippen molar-refractivity contribution in [2.45, 2.75) is 26.2 Å². The molecular formula is C12H19N3OS. The van der Waals surface area contributed by atoms with Crippen LogP contribution < -0.4 is 10.6 Å². The molecule has 94 valence electrons. The molecule has 0 fully saturated rings. The van der Waals surface area contributed by atoms with Gasteiger partial charge in [0, 0.05) is 17.3 Å². The third-order valence-corrected chi connectivity index (χ3v) is 2.85. The Morgan fingerprint density at radius 2 is 2.29 bits per heavy atom. The van der Waals surface area contributed by atoms with E-state index in [-0.39, 0.29) is 17.9 Å². The summed E-state index contributed by atoms with van der Waals surface area (Å²) >= 11 is 1.45. The lowest BCUT2D eigenvalue weighted by Gasteiger charge is -2.14. The lowest BCUT2D eigenvalue weighted by Crippen LogP contribution is -2.28. The maximum absolute atomic E-state index is 11.5. The second kappa shape index (κ2) is 5.93. The van der Waals surface area contributed by atoms with Crippen molar-refractivity contribution in [3.8, 4) is 0 Å². The van der Waals surface area contributed by atoms with Crippen molar-refractivity contribution in [3.05, 3.63) is 23.7 Å². The molecule has 0 unspecified atom stereocenters. The number of anilines is 1. The predicted molar refractivity (Wildman–Crippen MR) is 72.5 cm³/mol. The normalized spacial score (nSPS) is 11.2. The number of hydrogen-bond donors (Lipinski definition) is 2. The zero-order chi connectivity index (χ0) is 12.9. The minimum absolute atomic E-state index is 0.0145. The number of carbonyl (C=O) groups is 1. The Morgan fingerprint density at radius 1 is 1.59 bits per heavy atom. The standard InChI is InChI=1S/C12H19N3OS/c1-5-6-13-7-10(16)15-11-14-9(8-17-11)12(2,3)4/h5,8,13H,1,6-7H2,2-4H3,(H,14,15,16). The van der Waals surface area contributed by atoms with Crippen LogP contribution in [0.3, 0.4) is 0 Å². The minimum Gasteiger partial charge on any atom is -0.305 e. The summed E-state index contributed by atoms with van der Waals surface area (Å²) in [7, 11) is 0. The number of rotatable bonds is 5. The van der Waals surface area contributed by atoms with Crippen LogP contribution in [0.1, 0.15) is 26.5 Å². The number of amides is 1. The average Bonchev–Trinajstić information content (AvgIpc) is 2.66. The lowest BCUT2D eigenvalue weighted by atomic mass is 9.93. The molecule has 5 heteroatoms. The smallest absolute Gasteiger partial charge is 0.240 e. The van der Waals surface area contributed by atoms with Gasteiger partial charge in [0.25, 0.3) is 0 Å². The van der Waals surface area contributed by atoms with Gasteiger partial charge in [-0.05, 0) is 0 Å². The second-order valence-electron chi connectivity index (χ2n) is 4.76. The Labute approximate surface area is 106 Å². The largest absolute Gasteiger partial charge is 0.305 e. The molecule has 0 aromatic carbocycles. The molecule has 0 radical (unpaired) electrons. The van der Waals surface area contributed by atoms with Crippen molar-refractivity contribution >= 4 is 22.4 Å². The van der Waals surface area contributed by atoms with E-state index in [1.165, 1.54) is 11.3 Å². The van der Waals surface area contributed by atoms with Crippen molar-refractivity contribution < 1.29 is 4.79 Å². The molecule has 0 saturated heterocycles. The Balaban J connectivity index is 2.49. The molecule has 17 heavy (non-hydrogen) atoms. The van der Waals surface area contributed by atoms with E-state index in [2.05, 4.69) is 43.0 Å². The first-order chi connectivity index (χ1) is 7.93. The van der Waals surface area contributed by atoms with Crippen molar-refractivity contribution in [1.29, 1.82) is 0 Å². The van der Waals surface area contributed by atoms with E-state index in [4.69, 9.17) is 0 Å². The van der Waals surface area contributed by atoms with Gasteiger partial charge in [-0.3, -0.25) is 4.79 Å². The highest BCUT2D eigenvalue weighted by molar-refractivity contribution is 7.13. The molecule has 0 aliphatic rings. The first-order valence-electron chi connectivity index (χ1n) is 5.51. The van der Waals surface area contributed by atoms with Gasteiger partial charge < -0.3 is 10.6 Å². The lowest BCUT2D eigenvalue weighted by molar-refractivity contribution is -0.115. The number of hydrogen-bond acceptors (Lipinski definition) is 4. The SMILES string of the molecule is C=CCNCC(=O)Nc1nc(C(C)(C)C)cs1. The monoisotopic (exact) mass is 253 g/mol. The van der Waals surface area contributed by atoms with Gasteiger partial charge in [0.05, 0.1) is 12.2 Å². The quantitative estimate of drug-likeness (QED) is 0.624. The van der Waals surface area contributed by atoms with Crippen LogP contribution in [-0.4, -0.2) is 24.0 Å². The van der Waals surface area contributed by atoms with Crippen molar-refractivity contribution in [2.75, 3.05) is 18.4 Å². The van der Waals surface area contributed by atoms with Gasteiger partial charge in [-0.25, -0.2) is 4.98 Å². The Hall–Kier alpha value is -1.20. The molecule has 1 heterocycles. The van der Waals surface area contributed by atoms with Gasteiger partial charge in [0.15, 0.2) is 5.13 Å². The van der Waals surface area contributed by atoms with E-state index < -0.39 is 0 Å². The third-order valence-electron chi connectivity index (χ3n) is 2.09. The van der Waals surface area contributed by atoms with Gasteiger partial charge >= 0.3 is 0 Å². The van der Waals surface area contributed by atoms with Crippen LogP contribution in [0.25, 0.3) is 0 Å². The van der Waals surface area contributed by atoms with Gasteiger partial charge in [-0.1, -0.05) is 26.8 Å². The number of carbonyl (C=O) groups excluding carboxylic acids is 1. The number of thiazole rings is 1. The maximum atomic E-state index is 11.5. The van der Waals surface area contributed by atoms with E-state index in [0.29, 0.717) is 11.7 Å². The van der Waals surface area contributed by atoms with Crippen LogP contribution in [0.5, 0.6) is 0 Å². The fraction of sp³-hybridized carbons (Fsp3) is 0.500. The molecule has 2 N–H and O–H groups in total. The average molecular weight is 253 g/mol. The van der Waals surface area contributed by atoms with Crippen LogP contribution in [0.2, 0.25) is 0 Å². The molecule has 1 amide bonds. The van der Waals surface area contributed by atoms with E-state index >= 15 is 0 Å². The molecule has 1 aromatic heterocycles. The maximum Gasteiger partial charge on any atom is 0.240 e. The van der Waals surface area contributed by atoms with E-state index in [1.807, 2.05) is 5.38 Å².